The molecule has 1 saturated carbocycles. The summed E-state index contributed by atoms with van der Waals surface area (Å²) < 4.78 is 0. The summed E-state index contributed by atoms with van der Waals surface area (Å²) in [5.41, 5.74) is 0.465. The van der Waals surface area contributed by atoms with Gasteiger partial charge in [-0.15, -0.1) is 0 Å². The van der Waals surface area contributed by atoms with Crippen LogP contribution in [0.2, 0.25) is 0 Å². The van der Waals surface area contributed by atoms with Gasteiger partial charge in [0.1, 0.15) is 0 Å². The maximum absolute atomic E-state index is 3.94. The van der Waals surface area contributed by atoms with E-state index < -0.39 is 0 Å². The molecule has 19 heavy (non-hydrogen) atoms. The minimum absolute atomic E-state index is 0.465. The Hall–Kier alpha value is -0.340. The van der Waals surface area contributed by atoms with Crippen LogP contribution in [0.15, 0.2) is 12.2 Å². The van der Waals surface area contributed by atoms with Crippen molar-refractivity contribution in [3.05, 3.63) is 12.2 Å². The van der Waals surface area contributed by atoms with E-state index >= 15 is 0 Å². The zero-order chi connectivity index (χ0) is 13.3. The summed E-state index contributed by atoms with van der Waals surface area (Å²) in [5, 5.41) is 3.94. The Morgan fingerprint density at radius 3 is 2.63 bits per heavy atom. The van der Waals surface area contributed by atoms with E-state index in [0.717, 1.165) is 18.0 Å². The van der Waals surface area contributed by atoms with Crippen LogP contribution in [-0.2, 0) is 0 Å². The van der Waals surface area contributed by atoms with Crippen molar-refractivity contribution < 1.29 is 0 Å². The highest BCUT2D eigenvalue weighted by Gasteiger charge is 2.43. The van der Waals surface area contributed by atoms with Crippen LogP contribution in [0.3, 0.4) is 0 Å². The van der Waals surface area contributed by atoms with Gasteiger partial charge < -0.3 is 5.32 Å². The number of allylic oxidation sites excluding steroid dienone is 1. The second-order valence-corrected chi connectivity index (χ2v) is 7.29. The largest absolute Gasteiger partial charge is 0.308 e. The van der Waals surface area contributed by atoms with Gasteiger partial charge in [0.15, 0.2) is 0 Å². The third-order valence-corrected chi connectivity index (χ3v) is 5.64. The third-order valence-electron chi connectivity index (χ3n) is 5.64. The molecule has 0 bridgehead atoms. The lowest BCUT2D eigenvalue weighted by molar-refractivity contribution is 0.0187. The molecule has 108 valence electrons. The molecule has 2 heteroatoms. The molecule has 3 aliphatic rings. The monoisotopic (exact) mass is 262 g/mol. The average molecular weight is 262 g/mol. The van der Waals surface area contributed by atoms with Crippen molar-refractivity contribution in [3.63, 3.8) is 0 Å². The van der Waals surface area contributed by atoms with Crippen LogP contribution in [-0.4, -0.2) is 35.6 Å². The van der Waals surface area contributed by atoms with Crippen LogP contribution >= 0.6 is 0 Å². The smallest absolute Gasteiger partial charge is 0.0309 e. The lowest BCUT2D eigenvalue weighted by Crippen LogP contribution is -2.66. The minimum Gasteiger partial charge on any atom is -0.308 e. The zero-order valence-corrected chi connectivity index (χ0v) is 12.7. The first-order valence-electron chi connectivity index (χ1n) is 8.36. The molecule has 1 heterocycles. The molecule has 2 unspecified atom stereocenters. The summed E-state index contributed by atoms with van der Waals surface area (Å²) in [6.07, 6.45) is 14.4. The average Bonchev–Trinajstić information content (AvgIpc) is 2.87. The van der Waals surface area contributed by atoms with E-state index in [9.17, 15) is 0 Å². The van der Waals surface area contributed by atoms with Crippen molar-refractivity contribution in [2.45, 2.75) is 76.4 Å². The Bertz CT molecular complexity index is 328. The van der Waals surface area contributed by atoms with Crippen molar-refractivity contribution in [3.8, 4) is 0 Å². The first-order chi connectivity index (χ1) is 9.20. The molecule has 2 fully saturated rings. The molecule has 2 atom stereocenters. The summed E-state index contributed by atoms with van der Waals surface area (Å²) in [7, 11) is 0. The fraction of sp³-hybridized carbons (Fsp3) is 0.882. The summed E-state index contributed by atoms with van der Waals surface area (Å²) in [6, 6.07) is 1.54. The highest BCUT2D eigenvalue weighted by atomic mass is 15.3. The van der Waals surface area contributed by atoms with E-state index in [4.69, 9.17) is 0 Å². The predicted octanol–water partition coefficient (Wildman–Crippen LogP) is 3.34. The van der Waals surface area contributed by atoms with Crippen molar-refractivity contribution >= 4 is 0 Å². The van der Waals surface area contributed by atoms with Crippen LogP contribution in [0.1, 0.15) is 58.8 Å². The van der Waals surface area contributed by atoms with E-state index in [0.29, 0.717) is 5.54 Å². The van der Waals surface area contributed by atoms with Gasteiger partial charge >= 0.3 is 0 Å². The molecule has 2 aliphatic carbocycles. The SMILES string of the molecule is CC(C)C1CNC2(CCCC2)CN1C1CC=CCC1. The van der Waals surface area contributed by atoms with Gasteiger partial charge in [-0.25, -0.2) is 0 Å². The topological polar surface area (TPSA) is 15.3 Å². The summed E-state index contributed by atoms with van der Waals surface area (Å²) in [5.74, 6) is 0.761. The molecule has 3 rings (SSSR count). The normalized spacial score (nSPS) is 35.3. The molecule has 0 aromatic heterocycles. The van der Waals surface area contributed by atoms with Gasteiger partial charge in [0, 0.05) is 30.7 Å². The van der Waals surface area contributed by atoms with E-state index in [1.54, 1.807) is 0 Å². The Balaban J connectivity index is 1.75. The summed E-state index contributed by atoms with van der Waals surface area (Å²) in [4.78, 5) is 2.88. The van der Waals surface area contributed by atoms with Gasteiger partial charge in [0.05, 0.1) is 0 Å². The number of hydrogen-bond donors (Lipinski definition) is 1. The van der Waals surface area contributed by atoms with E-state index in [1.165, 1.54) is 58.0 Å². The Labute approximate surface area is 118 Å². The minimum atomic E-state index is 0.465. The lowest BCUT2D eigenvalue weighted by Gasteiger charge is -2.51. The fourth-order valence-electron chi connectivity index (χ4n) is 4.45. The second-order valence-electron chi connectivity index (χ2n) is 7.29. The number of hydrogen-bond acceptors (Lipinski definition) is 2. The Kier molecular flexibility index (Phi) is 4.00. The second kappa shape index (κ2) is 5.57. The number of nitrogens with zero attached hydrogens (tertiary/aromatic N) is 1. The quantitative estimate of drug-likeness (QED) is 0.768. The molecule has 0 aromatic carbocycles. The maximum Gasteiger partial charge on any atom is 0.0309 e. The summed E-state index contributed by atoms with van der Waals surface area (Å²) >= 11 is 0. The van der Waals surface area contributed by atoms with Crippen molar-refractivity contribution in [2.75, 3.05) is 13.1 Å². The van der Waals surface area contributed by atoms with Gasteiger partial charge in [-0.2, -0.15) is 0 Å². The molecular formula is C17H30N2. The molecule has 1 aliphatic heterocycles. The van der Waals surface area contributed by atoms with Crippen molar-refractivity contribution in [1.82, 2.24) is 10.2 Å². The van der Waals surface area contributed by atoms with Crippen LogP contribution in [0.4, 0.5) is 0 Å². The van der Waals surface area contributed by atoms with Crippen LogP contribution in [0, 0.1) is 5.92 Å². The van der Waals surface area contributed by atoms with Crippen LogP contribution in [0.25, 0.3) is 0 Å². The van der Waals surface area contributed by atoms with Gasteiger partial charge in [-0.3, -0.25) is 4.90 Å². The van der Waals surface area contributed by atoms with Crippen LogP contribution in [0.5, 0.6) is 0 Å². The molecule has 0 amide bonds. The Morgan fingerprint density at radius 1 is 1.21 bits per heavy atom. The number of rotatable bonds is 2. The molecule has 0 radical (unpaired) electrons. The predicted molar refractivity (Wildman–Crippen MR) is 81.3 cm³/mol. The molecule has 2 nitrogen and oxygen atoms in total. The zero-order valence-electron chi connectivity index (χ0n) is 12.7. The third kappa shape index (κ3) is 2.75. The van der Waals surface area contributed by atoms with E-state index in [-0.39, 0.29) is 0 Å². The maximum atomic E-state index is 3.94. The fourth-order valence-corrected chi connectivity index (χ4v) is 4.45. The highest BCUT2D eigenvalue weighted by molar-refractivity contribution is 5.05. The lowest BCUT2D eigenvalue weighted by atomic mass is 9.86. The molecule has 1 N–H and O–H groups in total. The van der Waals surface area contributed by atoms with Crippen molar-refractivity contribution in [1.29, 1.82) is 0 Å². The summed E-state index contributed by atoms with van der Waals surface area (Å²) in [6.45, 7) is 7.29. The molecular weight excluding hydrogens is 232 g/mol. The first-order valence-corrected chi connectivity index (χ1v) is 8.36. The van der Waals surface area contributed by atoms with Gasteiger partial charge in [0.25, 0.3) is 0 Å². The number of piperazine rings is 1. The molecule has 1 saturated heterocycles. The van der Waals surface area contributed by atoms with E-state index in [1.807, 2.05) is 0 Å². The van der Waals surface area contributed by atoms with Crippen molar-refractivity contribution in [2.24, 2.45) is 5.92 Å². The van der Waals surface area contributed by atoms with Gasteiger partial charge in [0.2, 0.25) is 0 Å². The van der Waals surface area contributed by atoms with Gasteiger partial charge in [-0.1, -0.05) is 38.8 Å². The number of nitrogens with one attached hydrogen (secondary N) is 1. The van der Waals surface area contributed by atoms with Crippen LogP contribution < -0.4 is 5.32 Å². The molecule has 1 spiro atoms. The van der Waals surface area contributed by atoms with E-state index in [2.05, 4.69) is 36.2 Å². The first kappa shape index (κ1) is 13.6. The Morgan fingerprint density at radius 2 is 2.00 bits per heavy atom. The highest BCUT2D eigenvalue weighted by Crippen LogP contribution is 2.36. The molecule has 0 aromatic rings. The standard InChI is InChI=1S/C17H30N2/c1-14(2)16-12-18-17(10-6-7-11-17)13-19(16)15-8-4-3-5-9-15/h3-4,14-16,18H,5-13H2,1-2H3. The van der Waals surface area contributed by atoms with Gasteiger partial charge in [-0.05, 0) is 38.0 Å².